The van der Waals surface area contributed by atoms with Gasteiger partial charge in [0.1, 0.15) is 0 Å². The van der Waals surface area contributed by atoms with Crippen molar-refractivity contribution in [2.45, 2.75) is 25.7 Å². The number of nitrogens with zero attached hydrogens (tertiary/aromatic N) is 2. The molecule has 0 radical (unpaired) electrons. The largest absolute Gasteiger partial charge is 0.276 e. The fourth-order valence-electron chi connectivity index (χ4n) is 2.06. The molecular formula is C16H17N3O4S. The minimum Gasteiger partial charge on any atom is -0.258 e. The Morgan fingerprint density at radius 1 is 1.12 bits per heavy atom. The molecule has 0 fully saturated rings. The molecule has 0 saturated heterocycles. The number of hydrogen-bond acceptors (Lipinski definition) is 5. The molecule has 0 aromatic heterocycles. The monoisotopic (exact) mass is 347 g/mol. The average Bonchev–Trinajstić information content (AvgIpc) is 2.55. The summed E-state index contributed by atoms with van der Waals surface area (Å²) in [6, 6.07) is 10.9. The van der Waals surface area contributed by atoms with Crippen molar-refractivity contribution in [1.29, 1.82) is 0 Å². The number of benzene rings is 2. The van der Waals surface area contributed by atoms with E-state index in [2.05, 4.69) is 9.93 Å². The Balaban J connectivity index is 2.25. The number of hydrogen-bond donors (Lipinski definition) is 1. The van der Waals surface area contributed by atoms with Crippen molar-refractivity contribution in [3.05, 3.63) is 69.3 Å². The van der Waals surface area contributed by atoms with E-state index in [0.29, 0.717) is 16.8 Å². The Morgan fingerprint density at radius 3 is 2.33 bits per heavy atom. The summed E-state index contributed by atoms with van der Waals surface area (Å²) >= 11 is 0. The number of non-ortho nitro benzene ring substituents is 1. The van der Waals surface area contributed by atoms with Crippen LogP contribution in [0.25, 0.3) is 0 Å². The molecular weight excluding hydrogens is 330 g/mol. The molecule has 2 aromatic rings. The summed E-state index contributed by atoms with van der Waals surface area (Å²) < 4.78 is 24.8. The van der Waals surface area contributed by atoms with Gasteiger partial charge in [0, 0.05) is 12.1 Å². The molecule has 0 amide bonds. The van der Waals surface area contributed by atoms with Gasteiger partial charge in [0.25, 0.3) is 15.7 Å². The number of rotatable bonds is 5. The molecule has 0 spiro atoms. The van der Waals surface area contributed by atoms with Crippen LogP contribution in [0.3, 0.4) is 0 Å². The maximum atomic E-state index is 12.4. The Bertz CT molecular complexity index is 903. The quantitative estimate of drug-likeness (QED) is 0.510. The maximum Gasteiger partial charge on any atom is 0.276 e. The van der Waals surface area contributed by atoms with Crippen molar-refractivity contribution in [3.8, 4) is 0 Å². The second-order valence-corrected chi connectivity index (χ2v) is 6.99. The Morgan fingerprint density at radius 2 is 1.75 bits per heavy atom. The lowest BCUT2D eigenvalue weighted by Crippen LogP contribution is -2.21. The van der Waals surface area contributed by atoms with Gasteiger partial charge >= 0.3 is 0 Å². The number of hydrazone groups is 1. The van der Waals surface area contributed by atoms with Gasteiger partial charge in [0.2, 0.25) is 0 Å². The smallest absolute Gasteiger partial charge is 0.258 e. The first kappa shape index (κ1) is 17.6. The van der Waals surface area contributed by atoms with Gasteiger partial charge < -0.3 is 0 Å². The van der Waals surface area contributed by atoms with Crippen molar-refractivity contribution >= 4 is 21.4 Å². The number of nitro benzene ring substituents is 1. The lowest BCUT2D eigenvalue weighted by atomic mass is 10.1. The molecule has 0 atom stereocenters. The van der Waals surface area contributed by atoms with Crippen LogP contribution < -0.4 is 4.83 Å². The summed E-state index contributed by atoms with van der Waals surface area (Å²) in [4.78, 5) is 12.5. The highest BCUT2D eigenvalue weighted by molar-refractivity contribution is 7.89. The fraction of sp³-hybridized carbons (Fsp3) is 0.188. The normalized spacial score (nSPS) is 12.0. The third-order valence-electron chi connectivity index (χ3n) is 3.46. The molecule has 1 N–H and O–H groups in total. The number of sulfonamides is 1. The van der Waals surface area contributed by atoms with Crippen LogP contribution in [0.1, 0.15) is 23.6 Å². The number of aryl methyl sites for hydroxylation is 2. The summed E-state index contributed by atoms with van der Waals surface area (Å²) in [6.45, 7) is 5.14. The van der Waals surface area contributed by atoms with E-state index in [1.807, 2.05) is 13.0 Å². The summed E-state index contributed by atoms with van der Waals surface area (Å²) in [6.07, 6.45) is 0. The van der Waals surface area contributed by atoms with E-state index < -0.39 is 14.9 Å². The van der Waals surface area contributed by atoms with Crippen molar-refractivity contribution in [2.24, 2.45) is 5.10 Å². The average molecular weight is 347 g/mol. The summed E-state index contributed by atoms with van der Waals surface area (Å²) in [7, 11) is -3.78. The molecule has 0 aliphatic heterocycles. The van der Waals surface area contributed by atoms with Gasteiger partial charge in [0.15, 0.2) is 0 Å². The molecule has 126 valence electrons. The van der Waals surface area contributed by atoms with Crippen molar-refractivity contribution in [2.75, 3.05) is 0 Å². The Labute approximate surface area is 140 Å². The predicted molar refractivity (Wildman–Crippen MR) is 91.5 cm³/mol. The lowest BCUT2D eigenvalue weighted by Gasteiger charge is -2.09. The molecule has 7 nitrogen and oxygen atoms in total. The first-order valence-electron chi connectivity index (χ1n) is 7.09. The molecule has 2 aromatic carbocycles. The second-order valence-electron chi connectivity index (χ2n) is 5.36. The van der Waals surface area contributed by atoms with Crippen LogP contribution in [0.2, 0.25) is 0 Å². The number of nitrogens with one attached hydrogen (secondary N) is 1. The van der Waals surface area contributed by atoms with Gasteiger partial charge in [-0.3, -0.25) is 10.1 Å². The van der Waals surface area contributed by atoms with Crippen LogP contribution in [0.5, 0.6) is 0 Å². The van der Waals surface area contributed by atoms with E-state index in [4.69, 9.17) is 0 Å². The van der Waals surface area contributed by atoms with Gasteiger partial charge in [-0.05, 0) is 55.7 Å². The standard InChI is InChI=1S/C16H17N3O4S/c1-11-4-5-12(2)16(10-11)24(22,23)18-17-13(3)14-6-8-15(9-7-14)19(20)21/h4-10,18H,1-3H3/b17-13+. The van der Waals surface area contributed by atoms with E-state index in [-0.39, 0.29) is 10.6 Å². The lowest BCUT2D eigenvalue weighted by molar-refractivity contribution is -0.384. The van der Waals surface area contributed by atoms with Crippen molar-refractivity contribution in [1.82, 2.24) is 4.83 Å². The maximum absolute atomic E-state index is 12.4. The minimum atomic E-state index is -3.78. The number of nitro groups is 1. The van der Waals surface area contributed by atoms with E-state index in [1.54, 1.807) is 26.0 Å². The van der Waals surface area contributed by atoms with Crippen LogP contribution in [-0.2, 0) is 10.0 Å². The first-order valence-corrected chi connectivity index (χ1v) is 8.57. The van der Waals surface area contributed by atoms with Gasteiger partial charge in [-0.25, -0.2) is 0 Å². The molecule has 0 heterocycles. The highest BCUT2D eigenvalue weighted by atomic mass is 32.2. The van der Waals surface area contributed by atoms with Crippen molar-refractivity contribution < 1.29 is 13.3 Å². The highest BCUT2D eigenvalue weighted by Gasteiger charge is 2.16. The molecule has 0 aliphatic carbocycles. The van der Waals surface area contributed by atoms with Gasteiger partial charge in [-0.1, -0.05) is 12.1 Å². The summed E-state index contributed by atoms with van der Waals surface area (Å²) in [5.41, 5.74) is 2.40. The Hall–Kier alpha value is -2.74. The second kappa shape index (κ2) is 6.79. The van der Waals surface area contributed by atoms with Crippen LogP contribution in [0.15, 0.2) is 52.5 Å². The van der Waals surface area contributed by atoms with Gasteiger partial charge in [0.05, 0.1) is 15.5 Å². The fourth-order valence-corrected chi connectivity index (χ4v) is 3.25. The Kier molecular flexibility index (Phi) is 4.99. The molecule has 0 aliphatic rings. The molecule has 0 saturated carbocycles. The molecule has 24 heavy (non-hydrogen) atoms. The van der Waals surface area contributed by atoms with E-state index in [9.17, 15) is 18.5 Å². The first-order chi connectivity index (χ1) is 11.2. The topological polar surface area (TPSA) is 102 Å². The molecule has 8 heteroatoms. The van der Waals surface area contributed by atoms with Gasteiger partial charge in [-0.15, -0.1) is 0 Å². The third-order valence-corrected chi connectivity index (χ3v) is 4.81. The highest BCUT2D eigenvalue weighted by Crippen LogP contribution is 2.17. The van der Waals surface area contributed by atoms with Crippen LogP contribution in [0.4, 0.5) is 5.69 Å². The molecule has 0 unspecified atom stereocenters. The van der Waals surface area contributed by atoms with E-state index >= 15 is 0 Å². The van der Waals surface area contributed by atoms with Crippen molar-refractivity contribution in [3.63, 3.8) is 0 Å². The zero-order valence-corrected chi connectivity index (χ0v) is 14.3. The van der Waals surface area contributed by atoms with Crippen LogP contribution in [0, 0.1) is 24.0 Å². The third kappa shape index (κ3) is 3.96. The molecule has 2 rings (SSSR count). The van der Waals surface area contributed by atoms with E-state index in [0.717, 1.165) is 5.56 Å². The van der Waals surface area contributed by atoms with Gasteiger partial charge in [-0.2, -0.15) is 18.4 Å². The zero-order valence-electron chi connectivity index (χ0n) is 13.5. The summed E-state index contributed by atoms with van der Waals surface area (Å²) in [5, 5.41) is 14.5. The minimum absolute atomic E-state index is 0.0393. The SMILES string of the molecule is C/C(=N\NS(=O)(=O)c1cc(C)ccc1C)c1ccc([N+](=O)[O-])cc1. The van der Waals surface area contributed by atoms with E-state index in [1.165, 1.54) is 24.3 Å². The van der Waals surface area contributed by atoms with Crippen LogP contribution in [-0.4, -0.2) is 19.1 Å². The van der Waals surface area contributed by atoms with Crippen LogP contribution >= 0.6 is 0 Å². The summed E-state index contributed by atoms with van der Waals surface area (Å²) in [5.74, 6) is 0. The zero-order chi connectivity index (χ0) is 17.9. The predicted octanol–water partition coefficient (Wildman–Crippen LogP) is 2.91. The molecule has 0 bridgehead atoms.